The van der Waals surface area contributed by atoms with E-state index < -0.39 is 24.0 Å². The first-order valence-corrected chi connectivity index (χ1v) is 8.19. The summed E-state index contributed by atoms with van der Waals surface area (Å²) in [6.45, 7) is 5.86. The van der Waals surface area contributed by atoms with E-state index in [2.05, 4.69) is 22.8 Å². The van der Waals surface area contributed by atoms with Crippen molar-refractivity contribution in [1.82, 2.24) is 5.32 Å². The van der Waals surface area contributed by atoms with Crippen molar-refractivity contribution in [1.29, 1.82) is 0 Å². The first kappa shape index (κ1) is 17.9. The quantitative estimate of drug-likeness (QED) is 0.822. The molecule has 26 heavy (non-hydrogen) atoms. The minimum atomic E-state index is -0.615. The number of anilines is 2. The summed E-state index contributed by atoms with van der Waals surface area (Å²) in [5.41, 5.74) is 0.887. The summed E-state index contributed by atoms with van der Waals surface area (Å²) in [4.78, 5) is 29.9. The number of morpholine rings is 1. The lowest BCUT2D eigenvalue weighted by molar-refractivity contribution is 0.122. The predicted molar refractivity (Wildman–Crippen MR) is 93.5 cm³/mol. The standard InChI is InChI=1S/C17H19FN4O4/c1-2-19-16(23)20-10-13-11-22(17(24)26-13)12-3-4-15(14(18)9-12)21-5-7-25-8-6-21/h3-4,9,13H,1,5-8,10-11H2,(H,20,23)/t13-/m0/s1. The summed E-state index contributed by atoms with van der Waals surface area (Å²) >= 11 is 0. The molecule has 2 aliphatic rings. The summed E-state index contributed by atoms with van der Waals surface area (Å²) < 4.78 is 25.0. The van der Waals surface area contributed by atoms with Crippen molar-refractivity contribution in [2.24, 2.45) is 4.99 Å². The lowest BCUT2D eigenvalue weighted by Crippen LogP contribution is -2.36. The van der Waals surface area contributed by atoms with E-state index in [-0.39, 0.29) is 13.1 Å². The zero-order valence-corrected chi connectivity index (χ0v) is 14.1. The molecule has 3 amide bonds. The first-order chi connectivity index (χ1) is 12.6. The highest BCUT2D eigenvalue weighted by molar-refractivity contribution is 5.90. The largest absolute Gasteiger partial charge is 0.442 e. The van der Waals surface area contributed by atoms with Crippen molar-refractivity contribution >= 4 is 29.4 Å². The van der Waals surface area contributed by atoms with Gasteiger partial charge in [-0.3, -0.25) is 4.90 Å². The predicted octanol–water partition coefficient (Wildman–Crippen LogP) is 1.55. The van der Waals surface area contributed by atoms with Crippen molar-refractivity contribution in [3.63, 3.8) is 0 Å². The number of carbonyl (C=O) groups excluding carboxylic acids is 2. The fraction of sp³-hybridized carbons (Fsp3) is 0.412. The van der Waals surface area contributed by atoms with Gasteiger partial charge < -0.3 is 19.7 Å². The van der Waals surface area contributed by atoms with Crippen LogP contribution in [-0.4, -0.2) is 63.5 Å². The number of amides is 3. The number of urea groups is 1. The van der Waals surface area contributed by atoms with Gasteiger partial charge in [0.15, 0.2) is 0 Å². The molecule has 3 rings (SSSR count). The van der Waals surface area contributed by atoms with Crippen LogP contribution in [0.15, 0.2) is 29.8 Å². The van der Waals surface area contributed by atoms with E-state index in [9.17, 15) is 14.0 Å². The third-order valence-electron chi connectivity index (χ3n) is 4.13. The number of nitrogens with one attached hydrogen (secondary N) is 1. The van der Waals surface area contributed by atoms with Gasteiger partial charge in [-0.1, -0.05) is 0 Å². The lowest BCUT2D eigenvalue weighted by atomic mass is 10.2. The molecule has 0 aliphatic carbocycles. The van der Waals surface area contributed by atoms with Crippen LogP contribution in [-0.2, 0) is 9.47 Å². The molecule has 0 spiro atoms. The van der Waals surface area contributed by atoms with Crippen LogP contribution in [0.2, 0.25) is 0 Å². The second-order valence-electron chi connectivity index (χ2n) is 5.81. The van der Waals surface area contributed by atoms with Crippen LogP contribution in [0.5, 0.6) is 0 Å². The van der Waals surface area contributed by atoms with Crippen LogP contribution in [0.3, 0.4) is 0 Å². The van der Waals surface area contributed by atoms with Gasteiger partial charge in [-0.2, -0.15) is 0 Å². The highest BCUT2D eigenvalue weighted by Gasteiger charge is 2.33. The van der Waals surface area contributed by atoms with Gasteiger partial charge in [-0.05, 0) is 30.6 Å². The van der Waals surface area contributed by atoms with Gasteiger partial charge in [0.05, 0.1) is 37.7 Å². The molecule has 1 atom stereocenters. The monoisotopic (exact) mass is 362 g/mol. The van der Waals surface area contributed by atoms with Gasteiger partial charge in [0.2, 0.25) is 0 Å². The highest BCUT2D eigenvalue weighted by Crippen LogP contribution is 2.28. The van der Waals surface area contributed by atoms with Gasteiger partial charge in [0, 0.05) is 13.1 Å². The van der Waals surface area contributed by atoms with E-state index >= 15 is 0 Å². The van der Waals surface area contributed by atoms with Crippen LogP contribution in [0.25, 0.3) is 0 Å². The summed E-state index contributed by atoms with van der Waals surface area (Å²) in [6.07, 6.45) is -1.14. The van der Waals surface area contributed by atoms with Crippen molar-refractivity contribution < 1.29 is 23.5 Å². The fourth-order valence-electron chi connectivity index (χ4n) is 2.88. The van der Waals surface area contributed by atoms with Crippen molar-refractivity contribution in [3.8, 4) is 0 Å². The minimum absolute atomic E-state index is 0.0978. The summed E-state index contributed by atoms with van der Waals surface area (Å²) in [7, 11) is 0. The molecular weight excluding hydrogens is 343 g/mol. The first-order valence-electron chi connectivity index (χ1n) is 8.19. The van der Waals surface area contributed by atoms with Crippen LogP contribution in [0, 0.1) is 5.82 Å². The van der Waals surface area contributed by atoms with Crippen molar-refractivity contribution in [3.05, 3.63) is 30.6 Å². The maximum Gasteiger partial charge on any atom is 0.414 e. The topological polar surface area (TPSA) is 83.5 Å². The van der Waals surface area contributed by atoms with Gasteiger partial charge >= 0.3 is 12.1 Å². The number of nitrogens with zero attached hydrogens (tertiary/aromatic N) is 3. The molecule has 1 N–H and O–H groups in total. The third kappa shape index (κ3) is 4.01. The molecule has 9 heteroatoms. The number of aliphatic imine (C=N–C) groups is 1. The number of rotatable bonds is 4. The number of halogens is 1. The van der Waals surface area contributed by atoms with Gasteiger partial charge in [-0.15, -0.1) is 4.99 Å². The fourth-order valence-corrected chi connectivity index (χ4v) is 2.88. The molecule has 2 aliphatic heterocycles. The number of hydrogen-bond acceptors (Lipinski definition) is 5. The number of carbonyl (C=O) groups is 2. The number of hydrogen-bond donors (Lipinski definition) is 1. The summed E-state index contributed by atoms with van der Waals surface area (Å²) in [5, 5.41) is 2.48. The molecule has 1 aromatic carbocycles. The number of benzene rings is 1. The second kappa shape index (κ2) is 7.99. The zero-order valence-electron chi connectivity index (χ0n) is 14.1. The molecule has 2 saturated heterocycles. The Hall–Kier alpha value is -2.90. The second-order valence-corrected chi connectivity index (χ2v) is 5.81. The van der Waals surface area contributed by atoms with Gasteiger partial charge in [0.1, 0.15) is 11.9 Å². The van der Waals surface area contributed by atoms with Crippen LogP contribution in [0.1, 0.15) is 0 Å². The van der Waals surface area contributed by atoms with E-state index in [0.717, 1.165) is 0 Å². The molecule has 0 unspecified atom stereocenters. The molecule has 0 saturated carbocycles. The minimum Gasteiger partial charge on any atom is -0.442 e. The molecule has 1 aromatic rings. The summed E-state index contributed by atoms with van der Waals surface area (Å²) in [6, 6.07) is 4.03. The Morgan fingerprint density at radius 3 is 2.88 bits per heavy atom. The van der Waals surface area contributed by atoms with E-state index in [4.69, 9.17) is 9.47 Å². The Balaban J connectivity index is 1.65. The van der Waals surface area contributed by atoms with Gasteiger partial charge in [0.25, 0.3) is 0 Å². The van der Waals surface area contributed by atoms with Crippen LogP contribution < -0.4 is 15.1 Å². The normalized spacial score (nSPS) is 19.7. The Labute approximate surface area is 149 Å². The molecule has 0 aromatic heterocycles. The smallest absolute Gasteiger partial charge is 0.414 e. The zero-order chi connectivity index (χ0) is 18.5. The molecule has 2 fully saturated rings. The Bertz CT molecular complexity index is 744. The molecule has 8 nitrogen and oxygen atoms in total. The summed E-state index contributed by atoms with van der Waals surface area (Å²) in [5.74, 6) is 1.71. The van der Waals surface area contributed by atoms with E-state index in [0.29, 0.717) is 37.7 Å². The lowest BCUT2D eigenvalue weighted by Gasteiger charge is -2.29. The van der Waals surface area contributed by atoms with E-state index in [1.165, 1.54) is 11.0 Å². The maximum absolute atomic E-state index is 14.5. The van der Waals surface area contributed by atoms with Gasteiger partial charge in [-0.25, -0.2) is 14.0 Å². The van der Waals surface area contributed by atoms with E-state index in [1.807, 2.05) is 4.90 Å². The van der Waals surface area contributed by atoms with E-state index in [1.54, 1.807) is 12.1 Å². The molecular formula is C17H19FN4O4. The Kier molecular flexibility index (Phi) is 5.50. The maximum atomic E-state index is 14.5. The van der Waals surface area contributed by atoms with Crippen molar-refractivity contribution in [2.45, 2.75) is 6.10 Å². The molecule has 0 bridgehead atoms. The Morgan fingerprint density at radius 1 is 1.42 bits per heavy atom. The van der Waals surface area contributed by atoms with Crippen LogP contribution in [0.4, 0.5) is 25.4 Å². The average molecular weight is 362 g/mol. The van der Waals surface area contributed by atoms with Crippen molar-refractivity contribution in [2.75, 3.05) is 49.2 Å². The Morgan fingerprint density at radius 2 is 2.19 bits per heavy atom. The number of ether oxygens (including phenoxy) is 2. The average Bonchev–Trinajstić information content (AvgIpc) is 3.02. The van der Waals surface area contributed by atoms with Crippen LogP contribution >= 0.6 is 0 Å². The molecule has 0 radical (unpaired) electrons. The molecule has 138 valence electrons. The molecule has 2 heterocycles. The third-order valence-corrected chi connectivity index (χ3v) is 4.13. The SMILES string of the molecule is C=C=NC(=O)NC[C@H]1CN(c2ccc(N3CCOCC3)c(F)c2)C(=O)O1. The number of cyclic esters (lactones) is 1. The highest BCUT2D eigenvalue weighted by atomic mass is 19.1.